The summed E-state index contributed by atoms with van der Waals surface area (Å²) in [5, 5.41) is 15.2. The van der Waals surface area contributed by atoms with Gasteiger partial charge in [0.1, 0.15) is 17.7 Å². The van der Waals surface area contributed by atoms with Crippen molar-refractivity contribution >= 4 is 33.3 Å². The maximum atomic E-state index is 13.4. The van der Waals surface area contributed by atoms with E-state index in [-0.39, 0.29) is 42.8 Å². The predicted octanol–water partition coefficient (Wildman–Crippen LogP) is 3.94. The maximum Gasteiger partial charge on any atom is 0.323 e. The summed E-state index contributed by atoms with van der Waals surface area (Å²) in [6.45, 7) is 3.61. The lowest BCUT2D eigenvalue weighted by atomic mass is 10.0. The van der Waals surface area contributed by atoms with Gasteiger partial charge in [-0.2, -0.15) is 4.31 Å². The van der Waals surface area contributed by atoms with Crippen LogP contribution in [0, 0.1) is 11.7 Å². The lowest BCUT2D eigenvalue weighted by molar-refractivity contribution is -0.134. The van der Waals surface area contributed by atoms with Crippen molar-refractivity contribution in [3.05, 3.63) is 84.2 Å². The Balaban J connectivity index is 1.61. The first-order chi connectivity index (χ1) is 20.0. The molecule has 3 aromatic carbocycles. The van der Waals surface area contributed by atoms with E-state index in [0.717, 1.165) is 0 Å². The first kappa shape index (κ1) is 30.9. The van der Waals surface area contributed by atoms with Gasteiger partial charge in [0.05, 0.1) is 30.5 Å². The van der Waals surface area contributed by atoms with Crippen molar-refractivity contribution in [3.63, 3.8) is 0 Å². The molecule has 0 bridgehead atoms. The Morgan fingerprint density at radius 2 is 1.74 bits per heavy atom. The van der Waals surface area contributed by atoms with Crippen LogP contribution in [-0.2, 0) is 21.2 Å². The standard InChI is InChI=1S/C30H35FN4O6S/c1-20-17-35(21(2)19-36)29(37)16-22-15-25(33-30(38)32-24-11-9-23(31)10-12-24)13-14-27(22)41-28(20)18-34(3)42(39,40)26-7-5-4-6-8-26/h4-15,20-21,28,36H,16-19H2,1-3H3,(H2,32,33,38)/t20-,21-,28+/m0/s1. The van der Waals surface area contributed by atoms with Crippen molar-refractivity contribution in [1.29, 1.82) is 0 Å². The van der Waals surface area contributed by atoms with Gasteiger partial charge in [0, 0.05) is 36.4 Å². The fourth-order valence-corrected chi connectivity index (χ4v) is 5.88. The largest absolute Gasteiger partial charge is 0.488 e. The Kier molecular flexibility index (Phi) is 9.81. The molecule has 0 unspecified atom stereocenters. The molecule has 3 atom stereocenters. The van der Waals surface area contributed by atoms with Crippen LogP contribution < -0.4 is 15.4 Å². The fourth-order valence-electron chi connectivity index (χ4n) is 4.68. The molecule has 0 radical (unpaired) electrons. The Hall–Kier alpha value is -4.00. The SMILES string of the molecule is C[C@H]1CN([C@@H](C)CO)C(=O)Cc2cc(NC(=O)Nc3ccc(F)cc3)ccc2O[C@@H]1CN(C)S(=O)(=O)c1ccccc1. The van der Waals surface area contributed by atoms with Crippen LogP contribution in [0.15, 0.2) is 77.7 Å². The molecule has 3 amide bonds. The van der Waals surface area contributed by atoms with Crippen LogP contribution in [-0.4, -0.2) is 73.6 Å². The van der Waals surface area contributed by atoms with Crippen molar-refractivity contribution in [3.8, 4) is 5.75 Å². The van der Waals surface area contributed by atoms with E-state index >= 15 is 0 Å². The second kappa shape index (κ2) is 13.3. The number of aliphatic hydroxyl groups is 1. The zero-order valence-corrected chi connectivity index (χ0v) is 24.5. The number of fused-ring (bicyclic) bond motifs is 1. The smallest absolute Gasteiger partial charge is 0.323 e. The van der Waals surface area contributed by atoms with Crippen molar-refractivity contribution in [2.45, 2.75) is 37.3 Å². The van der Waals surface area contributed by atoms with Gasteiger partial charge in [-0.3, -0.25) is 4.79 Å². The zero-order chi connectivity index (χ0) is 30.4. The van der Waals surface area contributed by atoms with Gasteiger partial charge in [0.15, 0.2) is 0 Å². The molecule has 3 aromatic rings. The second-order valence-electron chi connectivity index (χ2n) is 10.4. The molecule has 10 nitrogen and oxygen atoms in total. The van der Waals surface area contributed by atoms with Crippen LogP contribution in [0.1, 0.15) is 19.4 Å². The van der Waals surface area contributed by atoms with Crippen molar-refractivity contribution < 1.29 is 32.2 Å². The minimum absolute atomic E-state index is 0.00739. The number of sulfonamides is 1. The molecule has 224 valence electrons. The highest BCUT2D eigenvalue weighted by Gasteiger charge is 2.33. The number of carbonyl (C=O) groups is 2. The van der Waals surface area contributed by atoms with E-state index in [1.54, 1.807) is 48.2 Å². The van der Waals surface area contributed by atoms with Crippen LogP contribution in [0.4, 0.5) is 20.6 Å². The average Bonchev–Trinajstić information content (AvgIpc) is 3.01. The third-order valence-electron chi connectivity index (χ3n) is 7.16. The number of nitrogens with zero attached hydrogens (tertiary/aromatic N) is 2. The summed E-state index contributed by atoms with van der Waals surface area (Å²) >= 11 is 0. The number of carbonyl (C=O) groups excluding carboxylic acids is 2. The van der Waals surface area contributed by atoms with Gasteiger partial charge in [-0.15, -0.1) is 0 Å². The highest BCUT2D eigenvalue weighted by Crippen LogP contribution is 2.30. The Labute approximate surface area is 245 Å². The minimum Gasteiger partial charge on any atom is -0.488 e. The van der Waals surface area contributed by atoms with Gasteiger partial charge in [0.25, 0.3) is 0 Å². The van der Waals surface area contributed by atoms with Crippen molar-refractivity contribution in [1.82, 2.24) is 9.21 Å². The van der Waals surface area contributed by atoms with E-state index in [4.69, 9.17) is 4.74 Å². The van der Waals surface area contributed by atoms with E-state index in [1.807, 2.05) is 6.92 Å². The molecule has 42 heavy (non-hydrogen) atoms. The van der Waals surface area contributed by atoms with E-state index in [9.17, 15) is 27.5 Å². The molecule has 3 N–H and O–H groups in total. The number of hydrogen-bond acceptors (Lipinski definition) is 6. The number of hydrogen-bond donors (Lipinski definition) is 3. The lowest BCUT2D eigenvalue weighted by Gasteiger charge is -2.33. The van der Waals surface area contributed by atoms with Crippen molar-refractivity contribution in [2.75, 3.05) is 37.4 Å². The number of rotatable bonds is 8. The zero-order valence-electron chi connectivity index (χ0n) is 23.7. The topological polar surface area (TPSA) is 128 Å². The summed E-state index contributed by atoms with van der Waals surface area (Å²) in [6.07, 6.45) is -0.709. The third kappa shape index (κ3) is 7.44. The third-order valence-corrected chi connectivity index (χ3v) is 9.00. The van der Waals surface area contributed by atoms with Crippen molar-refractivity contribution in [2.24, 2.45) is 5.92 Å². The molecular formula is C30H35FN4O6S. The summed E-state index contributed by atoms with van der Waals surface area (Å²) in [4.78, 5) is 27.7. The molecule has 1 heterocycles. The quantitative estimate of drug-likeness (QED) is 0.361. The normalized spacial score (nSPS) is 18.2. The molecule has 12 heteroatoms. The minimum atomic E-state index is -3.81. The van der Waals surface area contributed by atoms with Crippen LogP contribution in [0.3, 0.4) is 0 Å². The number of halogens is 1. The first-order valence-corrected chi connectivity index (χ1v) is 15.0. The molecule has 0 fully saturated rings. The summed E-state index contributed by atoms with van der Waals surface area (Å²) in [7, 11) is -2.32. The summed E-state index contributed by atoms with van der Waals surface area (Å²) < 4.78 is 47.3. The molecule has 0 spiro atoms. The number of aliphatic hydroxyl groups excluding tert-OH is 1. The van der Waals surface area contributed by atoms with E-state index in [1.165, 1.54) is 47.8 Å². The number of nitrogens with one attached hydrogen (secondary N) is 2. The lowest BCUT2D eigenvalue weighted by Crippen LogP contribution is -2.48. The number of amides is 3. The number of urea groups is 1. The molecule has 0 aliphatic carbocycles. The molecule has 1 aliphatic rings. The molecule has 0 saturated heterocycles. The summed E-state index contributed by atoms with van der Waals surface area (Å²) in [5.74, 6) is -0.591. The fraction of sp³-hybridized carbons (Fsp3) is 0.333. The van der Waals surface area contributed by atoms with Gasteiger partial charge < -0.3 is 25.4 Å². The molecule has 1 aliphatic heterocycles. The van der Waals surface area contributed by atoms with Gasteiger partial charge in [-0.25, -0.2) is 17.6 Å². The Morgan fingerprint density at radius 1 is 1.10 bits per heavy atom. The number of benzene rings is 3. The molecular weight excluding hydrogens is 563 g/mol. The Morgan fingerprint density at radius 3 is 2.40 bits per heavy atom. The number of anilines is 2. The summed E-state index contributed by atoms with van der Waals surface area (Å²) in [5.41, 5.74) is 1.27. The summed E-state index contributed by atoms with van der Waals surface area (Å²) in [6, 6.07) is 17.2. The Bertz CT molecular complexity index is 1500. The van der Waals surface area contributed by atoms with Gasteiger partial charge >= 0.3 is 6.03 Å². The predicted molar refractivity (Wildman–Crippen MR) is 157 cm³/mol. The van der Waals surface area contributed by atoms with E-state index in [2.05, 4.69) is 10.6 Å². The van der Waals surface area contributed by atoms with Crippen LogP contribution >= 0.6 is 0 Å². The van der Waals surface area contributed by atoms with Crippen LogP contribution in [0.2, 0.25) is 0 Å². The number of likely N-dealkylation sites (N-methyl/N-ethyl adjacent to an activating group) is 1. The first-order valence-electron chi connectivity index (χ1n) is 13.5. The van der Waals surface area contributed by atoms with E-state index < -0.39 is 34.0 Å². The highest BCUT2D eigenvalue weighted by atomic mass is 32.2. The average molecular weight is 599 g/mol. The second-order valence-corrected chi connectivity index (χ2v) is 12.4. The van der Waals surface area contributed by atoms with Gasteiger partial charge in [-0.05, 0) is 61.5 Å². The van der Waals surface area contributed by atoms with Gasteiger partial charge in [0.2, 0.25) is 15.9 Å². The number of ether oxygens (including phenoxy) is 1. The maximum absolute atomic E-state index is 13.4. The van der Waals surface area contributed by atoms with Gasteiger partial charge in [-0.1, -0.05) is 25.1 Å². The van der Waals surface area contributed by atoms with E-state index in [0.29, 0.717) is 22.7 Å². The molecule has 0 saturated carbocycles. The monoisotopic (exact) mass is 598 g/mol. The molecule has 0 aromatic heterocycles. The molecule has 4 rings (SSSR count). The van der Waals surface area contributed by atoms with Crippen LogP contribution in [0.5, 0.6) is 5.75 Å². The highest BCUT2D eigenvalue weighted by molar-refractivity contribution is 7.89. The van der Waals surface area contributed by atoms with Crippen LogP contribution in [0.25, 0.3) is 0 Å².